The number of hydrogen-bond acceptors (Lipinski definition) is 6. The van der Waals surface area contributed by atoms with Crippen LogP contribution in [-0.4, -0.2) is 43.3 Å². The number of esters is 1. The predicted molar refractivity (Wildman–Crippen MR) is 91.5 cm³/mol. The molecule has 0 radical (unpaired) electrons. The minimum absolute atomic E-state index is 0.0189. The number of rotatable bonds is 8. The monoisotopic (exact) mass is 388 g/mol. The van der Waals surface area contributed by atoms with Gasteiger partial charge in [0.05, 0.1) is 12.1 Å². The molecule has 8 nitrogen and oxygen atoms in total. The highest BCUT2D eigenvalue weighted by atomic mass is 19.3. The van der Waals surface area contributed by atoms with Crippen LogP contribution >= 0.6 is 0 Å². The summed E-state index contributed by atoms with van der Waals surface area (Å²) in [6.07, 6.45) is -0.846. The highest BCUT2D eigenvalue weighted by Gasteiger charge is 2.16. The summed E-state index contributed by atoms with van der Waals surface area (Å²) in [7, 11) is 0. The van der Waals surface area contributed by atoms with E-state index >= 15 is 0 Å². The molecule has 0 unspecified atom stereocenters. The first-order valence-corrected chi connectivity index (χ1v) is 8.03. The van der Waals surface area contributed by atoms with Crippen LogP contribution in [0.25, 0.3) is 0 Å². The Morgan fingerprint density at radius 1 is 1.15 bits per heavy atom. The number of carbonyl (C=O) groups is 3. The molecule has 2 N–H and O–H groups in total. The van der Waals surface area contributed by atoms with Crippen LogP contribution in [0.15, 0.2) is 24.3 Å². The Balaban J connectivity index is 2.34. The van der Waals surface area contributed by atoms with Crippen molar-refractivity contribution < 1.29 is 37.4 Å². The average molecular weight is 388 g/mol. The van der Waals surface area contributed by atoms with E-state index in [-0.39, 0.29) is 24.4 Å². The number of anilines is 1. The fraction of sp³-hybridized carbons (Fsp3) is 0.471. The van der Waals surface area contributed by atoms with Gasteiger partial charge < -0.3 is 24.8 Å². The topological polar surface area (TPSA) is 103 Å². The second-order valence-corrected chi connectivity index (χ2v) is 6.26. The van der Waals surface area contributed by atoms with Gasteiger partial charge in [0.2, 0.25) is 0 Å². The van der Waals surface area contributed by atoms with E-state index in [0.29, 0.717) is 0 Å². The molecule has 27 heavy (non-hydrogen) atoms. The van der Waals surface area contributed by atoms with Crippen LogP contribution in [-0.2, 0) is 19.1 Å². The van der Waals surface area contributed by atoms with Crippen LogP contribution < -0.4 is 15.4 Å². The van der Waals surface area contributed by atoms with E-state index in [2.05, 4.69) is 15.4 Å². The smallest absolute Gasteiger partial charge is 0.407 e. The van der Waals surface area contributed by atoms with Gasteiger partial charge in [-0.1, -0.05) is 12.1 Å². The number of benzene rings is 1. The summed E-state index contributed by atoms with van der Waals surface area (Å²) < 4.78 is 38.6. The molecule has 10 heteroatoms. The molecule has 0 aromatic heterocycles. The second-order valence-electron chi connectivity index (χ2n) is 6.26. The van der Waals surface area contributed by atoms with Gasteiger partial charge in [0.15, 0.2) is 6.61 Å². The molecule has 1 aromatic carbocycles. The van der Waals surface area contributed by atoms with E-state index in [1.54, 1.807) is 20.8 Å². The van der Waals surface area contributed by atoms with E-state index in [1.165, 1.54) is 24.3 Å². The van der Waals surface area contributed by atoms with Crippen LogP contribution in [0.1, 0.15) is 27.2 Å². The van der Waals surface area contributed by atoms with Gasteiger partial charge >= 0.3 is 18.7 Å². The van der Waals surface area contributed by atoms with Crippen LogP contribution in [0.4, 0.5) is 19.3 Å². The molecule has 0 bridgehead atoms. The molecule has 1 aromatic rings. The van der Waals surface area contributed by atoms with Gasteiger partial charge in [0.1, 0.15) is 11.4 Å². The van der Waals surface area contributed by atoms with E-state index < -0.39 is 36.8 Å². The lowest BCUT2D eigenvalue weighted by molar-refractivity contribution is -0.147. The van der Waals surface area contributed by atoms with E-state index in [9.17, 15) is 23.2 Å². The van der Waals surface area contributed by atoms with E-state index in [4.69, 9.17) is 9.47 Å². The summed E-state index contributed by atoms with van der Waals surface area (Å²) in [4.78, 5) is 34.7. The van der Waals surface area contributed by atoms with Gasteiger partial charge in [-0.25, -0.2) is 4.79 Å². The van der Waals surface area contributed by atoms with Crippen molar-refractivity contribution in [2.75, 3.05) is 18.5 Å². The first kappa shape index (κ1) is 22.1. The maximum atomic E-state index is 12.3. The van der Waals surface area contributed by atoms with Crippen molar-refractivity contribution in [1.29, 1.82) is 0 Å². The molecule has 0 heterocycles. The summed E-state index contributed by atoms with van der Waals surface area (Å²) in [6, 6.07) is 5.60. The standard InChI is InChI=1S/C17H22F2N2O6/c1-17(2,3)27-16(24)20-9-8-14(23)25-10-13(22)21-11-6-4-5-7-12(11)26-15(18)19/h4-7,15H,8-10H2,1-3H3,(H,20,24)(H,21,22). The molecule has 1 rings (SSSR count). The molecule has 0 atom stereocenters. The molecule has 0 spiro atoms. The molecule has 0 aliphatic heterocycles. The van der Waals surface area contributed by atoms with Gasteiger partial charge in [-0.2, -0.15) is 8.78 Å². The van der Waals surface area contributed by atoms with Crippen LogP contribution in [0.2, 0.25) is 0 Å². The normalized spacial score (nSPS) is 10.9. The Labute approximate surface area is 155 Å². The quantitative estimate of drug-likeness (QED) is 0.664. The number of alkyl halides is 2. The van der Waals surface area contributed by atoms with Crippen LogP contribution in [0.3, 0.4) is 0 Å². The minimum Gasteiger partial charge on any atom is -0.456 e. The van der Waals surface area contributed by atoms with E-state index in [1.807, 2.05) is 0 Å². The van der Waals surface area contributed by atoms with Crippen molar-refractivity contribution in [1.82, 2.24) is 5.32 Å². The van der Waals surface area contributed by atoms with Crippen molar-refractivity contribution in [2.45, 2.75) is 39.4 Å². The molecule has 0 saturated heterocycles. The van der Waals surface area contributed by atoms with Gasteiger partial charge in [-0.05, 0) is 32.9 Å². The highest BCUT2D eigenvalue weighted by Crippen LogP contribution is 2.25. The van der Waals surface area contributed by atoms with Crippen molar-refractivity contribution in [3.8, 4) is 5.75 Å². The molecule has 0 saturated carbocycles. The number of halogens is 2. The fourth-order valence-electron chi connectivity index (χ4n) is 1.75. The second kappa shape index (κ2) is 10.3. The fourth-order valence-corrected chi connectivity index (χ4v) is 1.75. The lowest BCUT2D eigenvalue weighted by Gasteiger charge is -2.19. The first-order valence-electron chi connectivity index (χ1n) is 8.03. The van der Waals surface area contributed by atoms with Gasteiger partial charge in [-0.15, -0.1) is 0 Å². The number of amides is 2. The molecular formula is C17H22F2N2O6. The SMILES string of the molecule is CC(C)(C)OC(=O)NCCC(=O)OCC(=O)Nc1ccccc1OC(F)F. The van der Waals surface area contributed by atoms with Crippen molar-refractivity contribution in [3.05, 3.63) is 24.3 Å². The Hall–Kier alpha value is -2.91. The van der Waals surface area contributed by atoms with Crippen molar-refractivity contribution in [3.63, 3.8) is 0 Å². The summed E-state index contributed by atoms with van der Waals surface area (Å²) in [6.45, 7) is 1.41. The minimum atomic E-state index is -3.04. The van der Waals surface area contributed by atoms with Crippen LogP contribution in [0, 0.1) is 0 Å². The number of hydrogen-bond donors (Lipinski definition) is 2. The average Bonchev–Trinajstić information content (AvgIpc) is 2.52. The third kappa shape index (κ3) is 9.97. The number of carbonyl (C=O) groups excluding carboxylic acids is 3. The zero-order chi connectivity index (χ0) is 20.4. The summed E-state index contributed by atoms with van der Waals surface area (Å²) in [5.41, 5.74) is -0.641. The Kier molecular flexibility index (Phi) is 8.43. The summed E-state index contributed by atoms with van der Waals surface area (Å²) in [5.74, 6) is -1.67. The summed E-state index contributed by atoms with van der Waals surface area (Å²) >= 11 is 0. The van der Waals surface area contributed by atoms with Crippen LogP contribution in [0.5, 0.6) is 5.75 Å². The van der Waals surface area contributed by atoms with Gasteiger partial charge in [-0.3, -0.25) is 9.59 Å². The molecular weight excluding hydrogens is 366 g/mol. The van der Waals surface area contributed by atoms with Crippen molar-refractivity contribution >= 4 is 23.7 Å². The Bertz CT molecular complexity index is 661. The largest absolute Gasteiger partial charge is 0.456 e. The number of ether oxygens (including phenoxy) is 3. The highest BCUT2D eigenvalue weighted by molar-refractivity contribution is 5.94. The maximum Gasteiger partial charge on any atom is 0.407 e. The van der Waals surface area contributed by atoms with Gasteiger partial charge in [0.25, 0.3) is 5.91 Å². The van der Waals surface area contributed by atoms with Gasteiger partial charge in [0, 0.05) is 6.54 Å². The Morgan fingerprint density at radius 3 is 2.44 bits per heavy atom. The number of nitrogens with one attached hydrogen (secondary N) is 2. The lowest BCUT2D eigenvalue weighted by atomic mass is 10.2. The predicted octanol–water partition coefficient (Wildman–Crippen LogP) is 2.68. The molecule has 2 amide bonds. The molecule has 0 fully saturated rings. The lowest BCUT2D eigenvalue weighted by Crippen LogP contribution is -2.34. The third-order valence-corrected chi connectivity index (χ3v) is 2.74. The number of alkyl carbamates (subject to hydrolysis) is 1. The van der Waals surface area contributed by atoms with Crippen molar-refractivity contribution in [2.24, 2.45) is 0 Å². The third-order valence-electron chi connectivity index (χ3n) is 2.74. The Morgan fingerprint density at radius 2 is 1.81 bits per heavy atom. The zero-order valence-electron chi connectivity index (χ0n) is 15.2. The maximum absolute atomic E-state index is 12.3. The summed E-state index contributed by atoms with van der Waals surface area (Å²) in [5, 5.41) is 4.68. The molecule has 0 aliphatic carbocycles. The molecule has 0 aliphatic rings. The molecule has 150 valence electrons. The first-order chi connectivity index (χ1) is 12.6. The van der Waals surface area contributed by atoms with E-state index in [0.717, 1.165) is 0 Å². The zero-order valence-corrected chi connectivity index (χ0v) is 15.2. The number of para-hydroxylation sites is 2.